The van der Waals surface area contributed by atoms with E-state index in [9.17, 15) is 4.79 Å². The van der Waals surface area contributed by atoms with Gasteiger partial charge in [-0.05, 0) is 58.8 Å². The molecule has 0 radical (unpaired) electrons. The molecule has 0 aromatic heterocycles. The lowest BCUT2D eigenvalue weighted by molar-refractivity contribution is 0.0895. The molecule has 1 aliphatic carbocycles. The van der Waals surface area contributed by atoms with Gasteiger partial charge >= 0.3 is 0 Å². The number of rotatable bonds is 4. The lowest BCUT2D eigenvalue weighted by Gasteiger charge is -2.34. The largest absolute Gasteiger partial charge is 0.349 e. The van der Waals surface area contributed by atoms with Gasteiger partial charge in [0.2, 0.25) is 0 Å². The van der Waals surface area contributed by atoms with Crippen molar-refractivity contribution in [1.82, 2.24) is 10.2 Å². The molecule has 2 unspecified atom stereocenters. The van der Waals surface area contributed by atoms with E-state index in [4.69, 9.17) is 0 Å². The van der Waals surface area contributed by atoms with E-state index in [1.807, 2.05) is 26.0 Å². The van der Waals surface area contributed by atoms with Gasteiger partial charge in [0.25, 0.3) is 5.91 Å². The molecule has 0 bridgehead atoms. The SMILES string of the molecule is Cc1cc(C)cc(C(=O)NC2CCCCC2CN(C)C)c1. The van der Waals surface area contributed by atoms with Crippen LogP contribution in [-0.4, -0.2) is 37.5 Å². The monoisotopic (exact) mass is 288 g/mol. The van der Waals surface area contributed by atoms with Crippen LogP contribution in [0.15, 0.2) is 18.2 Å². The van der Waals surface area contributed by atoms with E-state index >= 15 is 0 Å². The highest BCUT2D eigenvalue weighted by Gasteiger charge is 2.27. The highest BCUT2D eigenvalue weighted by molar-refractivity contribution is 5.94. The van der Waals surface area contributed by atoms with E-state index in [-0.39, 0.29) is 5.91 Å². The van der Waals surface area contributed by atoms with Crippen molar-refractivity contribution in [2.45, 2.75) is 45.6 Å². The van der Waals surface area contributed by atoms with Gasteiger partial charge in [0, 0.05) is 18.2 Å². The molecular formula is C18H28N2O. The van der Waals surface area contributed by atoms with Gasteiger partial charge in [0.1, 0.15) is 0 Å². The van der Waals surface area contributed by atoms with Crippen LogP contribution in [0.2, 0.25) is 0 Å². The lowest BCUT2D eigenvalue weighted by atomic mass is 9.84. The number of aryl methyl sites for hydroxylation is 2. The summed E-state index contributed by atoms with van der Waals surface area (Å²) in [5, 5.41) is 3.28. The molecule has 1 amide bonds. The highest BCUT2D eigenvalue weighted by Crippen LogP contribution is 2.25. The molecule has 116 valence electrons. The number of carbonyl (C=O) groups is 1. The van der Waals surface area contributed by atoms with Gasteiger partial charge in [0.15, 0.2) is 0 Å². The maximum atomic E-state index is 12.5. The van der Waals surface area contributed by atoms with E-state index in [0.29, 0.717) is 12.0 Å². The number of benzene rings is 1. The smallest absolute Gasteiger partial charge is 0.251 e. The van der Waals surface area contributed by atoms with Crippen molar-refractivity contribution in [2.24, 2.45) is 5.92 Å². The average Bonchev–Trinajstić information content (AvgIpc) is 2.39. The minimum Gasteiger partial charge on any atom is -0.349 e. The van der Waals surface area contributed by atoms with Gasteiger partial charge in [-0.15, -0.1) is 0 Å². The zero-order valence-corrected chi connectivity index (χ0v) is 13.8. The number of carbonyl (C=O) groups excluding carboxylic acids is 1. The van der Waals surface area contributed by atoms with Crippen LogP contribution in [0, 0.1) is 19.8 Å². The summed E-state index contributed by atoms with van der Waals surface area (Å²) in [6.45, 7) is 5.14. The summed E-state index contributed by atoms with van der Waals surface area (Å²) >= 11 is 0. The Morgan fingerprint density at radius 2 is 1.76 bits per heavy atom. The third-order valence-electron chi connectivity index (χ3n) is 4.31. The Morgan fingerprint density at radius 1 is 1.14 bits per heavy atom. The molecule has 1 N–H and O–H groups in total. The summed E-state index contributed by atoms with van der Waals surface area (Å²) in [7, 11) is 4.22. The van der Waals surface area contributed by atoms with Crippen molar-refractivity contribution in [1.29, 1.82) is 0 Å². The van der Waals surface area contributed by atoms with Crippen LogP contribution in [0.25, 0.3) is 0 Å². The highest BCUT2D eigenvalue weighted by atomic mass is 16.1. The fraction of sp³-hybridized carbons (Fsp3) is 0.611. The number of nitrogens with one attached hydrogen (secondary N) is 1. The van der Waals surface area contributed by atoms with Gasteiger partial charge in [-0.25, -0.2) is 0 Å². The van der Waals surface area contributed by atoms with E-state index in [2.05, 4.69) is 30.4 Å². The Bertz CT molecular complexity index is 476. The second-order valence-corrected chi connectivity index (χ2v) is 6.76. The summed E-state index contributed by atoms with van der Waals surface area (Å²) < 4.78 is 0. The first kappa shape index (κ1) is 16.0. The fourth-order valence-corrected chi connectivity index (χ4v) is 3.44. The van der Waals surface area contributed by atoms with Gasteiger partial charge in [0.05, 0.1) is 0 Å². The maximum absolute atomic E-state index is 12.5. The Morgan fingerprint density at radius 3 is 2.38 bits per heavy atom. The van der Waals surface area contributed by atoms with Crippen molar-refractivity contribution < 1.29 is 4.79 Å². The topological polar surface area (TPSA) is 32.3 Å². The first-order valence-electron chi connectivity index (χ1n) is 7.99. The Labute approximate surface area is 128 Å². The number of nitrogens with zero attached hydrogens (tertiary/aromatic N) is 1. The molecule has 1 aromatic carbocycles. The molecule has 1 fully saturated rings. The molecule has 3 heteroatoms. The Balaban J connectivity index is 2.05. The van der Waals surface area contributed by atoms with Crippen molar-refractivity contribution in [3.8, 4) is 0 Å². The quantitative estimate of drug-likeness (QED) is 0.923. The Hall–Kier alpha value is -1.35. The summed E-state index contributed by atoms with van der Waals surface area (Å²) in [4.78, 5) is 14.8. The maximum Gasteiger partial charge on any atom is 0.251 e. The van der Waals surface area contributed by atoms with Crippen molar-refractivity contribution >= 4 is 5.91 Å². The molecule has 2 rings (SSSR count). The molecule has 0 saturated heterocycles. The summed E-state index contributed by atoms with van der Waals surface area (Å²) in [5.41, 5.74) is 3.09. The first-order valence-corrected chi connectivity index (χ1v) is 7.99. The first-order chi connectivity index (χ1) is 9.95. The summed E-state index contributed by atoms with van der Waals surface area (Å²) in [6.07, 6.45) is 4.83. The molecule has 0 heterocycles. The molecule has 21 heavy (non-hydrogen) atoms. The number of amides is 1. The van der Waals surface area contributed by atoms with E-state index in [1.165, 1.54) is 19.3 Å². The number of hydrogen-bond donors (Lipinski definition) is 1. The van der Waals surface area contributed by atoms with Crippen LogP contribution in [0.5, 0.6) is 0 Å². The molecular weight excluding hydrogens is 260 g/mol. The van der Waals surface area contributed by atoms with Gasteiger partial charge < -0.3 is 10.2 Å². The van der Waals surface area contributed by atoms with Gasteiger partial charge in [-0.1, -0.05) is 30.0 Å². The second kappa shape index (κ2) is 7.08. The molecule has 3 nitrogen and oxygen atoms in total. The van der Waals surface area contributed by atoms with E-state index in [1.54, 1.807) is 0 Å². The second-order valence-electron chi connectivity index (χ2n) is 6.76. The third kappa shape index (κ3) is 4.57. The van der Waals surface area contributed by atoms with Crippen LogP contribution >= 0.6 is 0 Å². The van der Waals surface area contributed by atoms with Gasteiger partial charge in [-0.3, -0.25) is 4.79 Å². The van der Waals surface area contributed by atoms with E-state index < -0.39 is 0 Å². The summed E-state index contributed by atoms with van der Waals surface area (Å²) in [5.74, 6) is 0.654. The van der Waals surface area contributed by atoms with Crippen molar-refractivity contribution in [3.05, 3.63) is 34.9 Å². The molecule has 1 aliphatic rings. The predicted octanol–water partition coefficient (Wildman–Crippen LogP) is 3.15. The van der Waals surface area contributed by atoms with Crippen molar-refractivity contribution in [2.75, 3.05) is 20.6 Å². The Kier molecular flexibility index (Phi) is 5.40. The predicted molar refractivity (Wildman–Crippen MR) is 87.7 cm³/mol. The molecule has 1 saturated carbocycles. The summed E-state index contributed by atoms with van der Waals surface area (Å²) in [6, 6.07) is 6.37. The fourth-order valence-electron chi connectivity index (χ4n) is 3.44. The third-order valence-corrected chi connectivity index (χ3v) is 4.31. The lowest BCUT2D eigenvalue weighted by Crippen LogP contribution is -2.45. The molecule has 0 aliphatic heterocycles. The normalized spacial score (nSPS) is 22.3. The van der Waals surface area contributed by atoms with Gasteiger partial charge in [-0.2, -0.15) is 0 Å². The van der Waals surface area contributed by atoms with Crippen LogP contribution in [-0.2, 0) is 0 Å². The van der Waals surface area contributed by atoms with Crippen LogP contribution in [0.1, 0.15) is 47.2 Å². The zero-order chi connectivity index (χ0) is 15.4. The molecule has 0 spiro atoms. The van der Waals surface area contributed by atoms with Crippen molar-refractivity contribution in [3.63, 3.8) is 0 Å². The van der Waals surface area contributed by atoms with Crippen LogP contribution < -0.4 is 5.32 Å². The minimum absolute atomic E-state index is 0.0810. The average molecular weight is 288 g/mol. The number of hydrogen-bond acceptors (Lipinski definition) is 2. The minimum atomic E-state index is 0.0810. The molecule has 1 aromatic rings. The van der Waals surface area contributed by atoms with Crippen LogP contribution in [0.3, 0.4) is 0 Å². The zero-order valence-electron chi connectivity index (χ0n) is 13.8. The van der Waals surface area contributed by atoms with E-state index in [0.717, 1.165) is 29.7 Å². The standard InChI is InChI=1S/C18H28N2O/c1-13-9-14(2)11-16(10-13)18(21)19-17-8-6-5-7-15(17)12-20(3)4/h9-11,15,17H,5-8,12H2,1-4H3,(H,19,21). The van der Waals surface area contributed by atoms with Crippen LogP contribution in [0.4, 0.5) is 0 Å². The molecule has 2 atom stereocenters.